The van der Waals surface area contributed by atoms with Gasteiger partial charge in [0.2, 0.25) is 11.7 Å². The Balaban J connectivity index is 2.94. The Morgan fingerprint density at radius 2 is 2.15 bits per heavy atom. The summed E-state index contributed by atoms with van der Waals surface area (Å²) in [4.78, 5) is 24.0. The third-order valence-electron chi connectivity index (χ3n) is 3.07. The molecule has 0 spiro atoms. The summed E-state index contributed by atoms with van der Waals surface area (Å²) in [6.07, 6.45) is 1.31. The topological polar surface area (TPSA) is 93.3 Å². The van der Waals surface area contributed by atoms with Crippen molar-refractivity contribution in [1.29, 1.82) is 0 Å². The number of nitrogens with zero attached hydrogens (tertiary/aromatic N) is 4. The second-order valence-corrected chi connectivity index (χ2v) is 4.54. The van der Waals surface area contributed by atoms with E-state index in [1.807, 2.05) is 13.8 Å². The van der Waals surface area contributed by atoms with Gasteiger partial charge in [-0.1, -0.05) is 13.3 Å². The molecule has 0 radical (unpaired) electrons. The fourth-order valence-electron chi connectivity index (χ4n) is 1.83. The highest BCUT2D eigenvalue weighted by Crippen LogP contribution is 2.28. The molecule has 0 aromatic carbocycles. The third-order valence-corrected chi connectivity index (χ3v) is 3.07. The highest BCUT2D eigenvalue weighted by Gasteiger charge is 2.26. The van der Waals surface area contributed by atoms with Crippen molar-refractivity contribution < 1.29 is 9.72 Å². The molecule has 0 saturated carbocycles. The summed E-state index contributed by atoms with van der Waals surface area (Å²) in [6, 6.07) is 0. The lowest BCUT2D eigenvalue weighted by Crippen LogP contribution is -2.32. The molecule has 8 heteroatoms. The van der Waals surface area contributed by atoms with Gasteiger partial charge in [0, 0.05) is 20.6 Å². The van der Waals surface area contributed by atoms with E-state index in [0.717, 1.165) is 6.42 Å². The third kappa shape index (κ3) is 3.46. The van der Waals surface area contributed by atoms with Crippen LogP contribution in [0.2, 0.25) is 0 Å². The van der Waals surface area contributed by atoms with Crippen LogP contribution in [-0.2, 0) is 18.3 Å². The average molecular weight is 283 g/mol. The van der Waals surface area contributed by atoms with Crippen LogP contribution in [0.15, 0.2) is 0 Å². The van der Waals surface area contributed by atoms with E-state index in [0.29, 0.717) is 18.7 Å². The molecular weight excluding hydrogens is 262 g/mol. The summed E-state index contributed by atoms with van der Waals surface area (Å²) in [6.45, 7) is 4.40. The molecule has 0 bridgehead atoms. The predicted octanol–water partition coefficient (Wildman–Crippen LogP) is 1.17. The second-order valence-electron chi connectivity index (χ2n) is 4.54. The molecule has 112 valence electrons. The van der Waals surface area contributed by atoms with Gasteiger partial charge in [0.1, 0.15) is 5.69 Å². The average Bonchev–Trinajstić information content (AvgIpc) is 2.71. The van der Waals surface area contributed by atoms with Crippen molar-refractivity contribution in [3.8, 4) is 0 Å². The Hall–Kier alpha value is -2.12. The minimum absolute atomic E-state index is 0.0102. The second kappa shape index (κ2) is 6.88. The van der Waals surface area contributed by atoms with E-state index in [2.05, 4.69) is 10.4 Å². The maximum atomic E-state index is 11.7. The zero-order chi connectivity index (χ0) is 15.3. The van der Waals surface area contributed by atoms with Crippen molar-refractivity contribution in [3.63, 3.8) is 0 Å². The van der Waals surface area contributed by atoms with Crippen LogP contribution < -0.4 is 5.32 Å². The van der Waals surface area contributed by atoms with E-state index in [1.165, 1.54) is 4.68 Å². The first-order valence-corrected chi connectivity index (χ1v) is 6.60. The van der Waals surface area contributed by atoms with Crippen LogP contribution in [0.3, 0.4) is 0 Å². The molecule has 0 aliphatic rings. The van der Waals surface area contributed by atoms with Gasteiger partial charge in [0.15, 0.2) is 0 Å². The molecule has 1 heterocycles. The van der Waals surface area contributed by atoms with Crippen molar-refractivity contribution in [3.05, 3.63) is 15.8 Å². The number of aryl methyl sites for hydroxylation is 2. The monoisotopic (exact) mass is 283 g/mol. The smallest absolute Gasteiger partial charge is 0.334 e. The van der Waals surface area contributed by atoms with Gasteiger partial charge in [0.25, 0.3) is 0 Å². The van der Waals surface area contributed by atoms with E-state index in [9.17, 15) is 14.9 Å². The van der Waals surface area contributed by atoms with Crippen LogP contribution >= 0.6 is 0 Å². The van der Waals surface area contributed by atoms with E-state index >= 15 is 0 Å². The van der Waals surface area contributed by atoms with Crippen LogP contribution in [0.4, 0.5) is 11.5 Å². The summed E-state index contributed by atoms with van der Waals surface area (Å²) in [5.74, 6) is 0.149. The van der Waals surface area contributed by atoms with E-state index in [1.54, 1.807) is 19.0 Å². The highest BCUT2D eigenvalue weighted by molar-refractivity contribution is 5.81. The molecule has 1 N–H and O–H groups in total. The highest BCUT2D eigenvalue weighted by atomic mass is 16.6. The Morgan fingerprint density at radius 1 is 1.50 bits per heavy atom. The summed E-state index contributed by atoms with van der Waals surface area (Å²) in [7, 11) is 3.31. The van der Waals surface area contributed by atoms with Gasteiger partial charge >= 0.3 is 5.69 Å². The molecule has 0 fully saturated rings. The molecule has 1 rings (SSSR count). The summed E-state index contributed by atoms with van der Waals surface area (Å²) >= 11 is 0. The van der Waals surface area contributed by atoms with Crippen molar-refractivity contribution in [2.24, 2.45) is 7.05 Å². The van der Waals surface area contributed by atoms with Crippen LogP contribution in [-0.4, -0.2) is 45.6 Å². The number of nitrogens with one attached hydrogen (secondary N) is 1. The number of hydrogen-bond donors (Lipinski definition) is 1. The van der Waals surface area contributed by atoms with Gasteiger partial charge in [-0.2, -0.15) is 5.10 Å². The molecular formula is C12H21N5O3. The first-order valence-electron chi connectivity index (χ1n) is 6.60. The Bertz CT molecular complexity index is 498. The molecule has 0 aliphatic carbocycles. The van der Waals surface area contributed by atoms with Crippen molar-refractivity contribution in [1.82, 2.24) is 14.7 Å². The van der Waals surface area contributed by atoms with E-state index in [-0.39, 0.29) is 24.0 Å². The minimum Gasteiger partial charge on any atom is -0.355 e. The molecule has 8 nitrogen and oxygen atoms in total. The molecule has 1 aromatic rings. The summed E-state index contributed by atoms with van der Waals surface area (Å²) in [5, 5.41) is 18.2. The quantitative estimate of drug-likeness (QED) is 0.599. The summed E-state index contributed by atoms with van der Waals surface area (Å²) < 4.78 is 1.42. The maximum Gasteiger partial charge on any atom is 0.334 e. The number of likely N-dealkylation sites (N-methyl/N-ethyl adjacent to an activating group) is 1. The molecule has 1 amide bonds. The number of amides is 1. The Labute approximate surface area is 117 Å². The number of hydrogen-bond acceptors (Lipinski definition) is 5. The fourth-order valence-corrected chi connectivity index (χ4v) is 1.83. The molecule has 20 heavy (non-hydrogen) atoms. The molecule has 0 unspecified atom stereocenters. The first-order chi connectivity index (χ1) is 9.42. The Morgan fingerprint density at radius 3 is 2.65 bits per heavy atom. The molecule has 0 aliphatic heterocycles. The van der Waals surface area contributed by atoms with Crippen molar-refractivity contribution >= 4 is 17.4 Å². The van der Waals surface area contributed by atoms with Crippen LogP contribution in [0.25, 0.3) is 0 Å². The van der Waals surface area contributed by atoms with Gasteiger partial charge in [-0.05, 0) is 13.3 Å². The van der Waals surface area contributed by atoms with E-state index < -0.39 is 4.92 Å². The van der Waals surface area contributed by atoms with Gasteiger partial charge in [-0.25, -0.2) is 4.68 Å². The number of nitro groups is 1. The number of rotatable bonds is 7. The SMILES string of the molecule is CCCc1nn(C)c(NCC(=O)N(C)CC)c1[N+](=O)[O-]. The van der Waals surface area contributed by atoms with E-state index in [4.69, 9.17) is 0 Å². The normalized spacial score (nSPS) is 10.4. The largest absolute Gasteiger partial charge is 0.355 e. The maximum absolute atomic E-state index is 11.7. The first kappa shape index (κ1) is 15.9. The lowest BCUT2D eigenvalue weighted by atomic mass is 10.2. The number of aromatic nitrogens is 2. The zero-order valence-corrected chi connectivity index (χ0v) is 12.3. The summed E-state index contributed by atoms with van der Waals surface area (Å²) in [5.41, 5.74) is 0.403. The van der Waals surface area contributed by atoms with Gasteiger partial charge in [0.05, 0.1) is 11.5 Å². The lowest BCUT2D eigenvalue weighted by molar-refractivity contribution is -0.384. The predicted molar refractivity (Wildman–Crippen MR) is 75.7 cm³/mol. The van der Waals surface area contributed by atoms with Gasteiger partial charge in [-0.3, -0.25) is 14.9 Å². The molecule has 0 saturated heterocycles. The van der Waals surface area contributed by atoms with Gasteiger partial charge < -0.3 is 10.2 Å². The molecule has 0 atom stereocenters. The van der Waals surface area contributed by atoms with Crippen LogP contribution in [0, 0.1) is 10.1 Å². The number of anilines is 1. The lowest BCUT2D eigenvalue weighted by Gasteiger charge is -2.14. The number of carbonyl (C=O) groups is 1. The van der Waals surface area contributed by atoms with Crippen LogP contribution in [0.5, 0.6) is 0 Å². The van der Waals surface area contributed by atoms with Crippen molar-refractivity contribution in [2.45, 2.75) is 26.7 Å². The number of carbonyl (C=O) groups excluding carboxylic acids is 1. The fraction of sp³-hybridized carbons (Fsp3) is 0.667. The minimum atomic E-state index is -0.450. The molecule has 1 aromatic heterocycles. The van der Waals surface area contributed by atoms with Crippen molar-refractivity contribution in [2.75, 3.05) is 25.5 Å². The standard InChI is InChI=1S/C12H21N5O3/c1-5-7-9-11(17(19)20)12(16(4)14-9)13-8-10(18)15(3)6-2/h13H,5-8H2,1-4H3. The Kier molecular flexibility index (Phi) is 5.48. The van der Waals surface area contributed by atoms with Gasteiger partial charge in [-0.15, -0.1) is 0 Å². The zero-order valence-electron chi connectivity index (χ0n) is 12.3. The van der Waals surface area contributed by atoms with Crippen LogP contribution in [0.1, 0.15) is 26.0 Å².